The fourth-order valence-electron chi connectivity index (χ4n) is 1.77. The standard InChI is InChI=1S/C13H13BrO3/c1-13(2,12(15)16-3)9-4-5-10-8(6-9)7-11(14)17-10/h4-7H,1-3H3. The van der Waals surface area contributed by atoms with Crippen molar-refractivity contribution in [3.8, 4) is 0 Å². The second-order valence-corrected chi connectivity index (χ2v) is 5.20. The number of hydrogen-bond donors (Lipinski definition) is 0. The molecule has 0 aliphatic heterocycles. The molecular formula is C13H13BrO3. The van der Waals surface area contributed by atoms with E-state index in [4.69, 9.17) is 9.15 Å². The van der Waals surface area contributed by atoms with Crippen LogP contribution in [-0.4, -0.2) is 13.1 Å². The molecule has 0 unspecified atom stereocenters. The molecule has 0 saturated carbocycles. The Bertz CT molecular complexity index is 569. The molecule has 90 valence electrons. The number of carbonyl (C=O) groups excluding carboxylic acids is 1. The Morgan fingerprint density at radius 2 is 2.06 bits per heavy atom. The summed E-state index contributed by atoms with van der Waals surface area (Å²) in [5.74, 6) is -0.251. The number of benzene rings is 1. The lowest BCUT2D eigenvalue weighted by molar-refractivity contribution is -0.146. The van der Waals surface area contributed by atoms with Crippen LogP contribution in [0.25, 0.3) is 11.0 Å². The zero-order chi connectivity index (χ0) is 12.6. The van der Waals surface area contributed by atoms with Crippen LogP contribution in [-0.2, 0) is 14.9 Å². The minimum absolute atomic E-state index is 0.251. The predicted molar refractivity (Wildman–Crippen MR) is 69.0 cm³/mol. The molecule has 4 heteroatoms. The van der Waals surface area contributed by atoms with E-state index in [0.717, 1.165) is 16.5 Å². The average molecular weight is 297 g/mol. The summed E-state index contributed by atoms with van der Waals surface area (Å²) in [6.07, 6.45) is 0. The van der Waals surface area contributed by atoms with Gasteiger partial charge in [0.05, 0.1) is 12.5 Å². The second kappa shape index (κ2) is 4.18. The number of fused-ring (bicyclic) bond motifs is 1. The molecule has 0 spiro atoms. The van der Waals surface area contributed by atoms with E-state index in [1.54, 1.807) is 0 Å². The molecule has 0 N–H and O–H groups in total. The summed E-state index contributed by atoms with van der Waals surface area (Å²) in [5.41, 5.74) is 1.04. The predicted octanol–water partition coefficient (Wildman–Crippen LogP) is 3.65. The van der Waals surface area contributed by atoms with Crippen molar-refractivity contribution in [3.63, 3.8) is 0 Å². The van der Waals surface area contributed by atoms with E-state index >= 15 is 0 Å². The Balaban J connectivity index is 2.52. The van der Waals surface area contributed by atoms with Crippen LogP contribution in [0.15, 0.2) is 33.4 Å². The Morgan fingerprint density at radius 1 is 1.35 bits per heavy atom. The van der Waals surface area contributed by atoms with Gasteiger partial charge in [0.2, 0.25) is 0 Å². The van der Waals surface area contributed by atoms with Crippen molar-refractivity contribution in [1.29, 1.82) is 0 Å². The lowest BCUT2D eigenvalue weighted by Crippen LogP contribution is -2.30. The third kappa shape index (κ3) is 2.09. The van der Waals surface area contributed by atoms with E-state index in [0.29, 0.717) is 4.67 Å². The first-order valence-electron chi connectivity index (χ1n) is 5.23. The highest BCUT2D eigenvalue weighted by Gasteiger charge is 2.31. The first-order chi connectivity index (χ1) is 7.95. The van der Waals surface area contributed by atoms with E-state index in [9.17, 15) is 4.79 Å². The molecule has 1 aromatic heterocycles. The van der Waals surface area contributed by atoms with Gasteiger partial charge in [0, 0.05) is 5.39 Å². The number of carbonyl (C=O) groups is 1. The van der Waals surface area contributed by atoms with Crippen LogP contribution < -0.4 is 0 Å². The van der Waals surface area contributed by atoms with Gasteiger partial charge < -0.3 is 9.15 Å². The Labute approximate surface area is 108 Å². The molecule has 2 aromatic rings. The topological polar surface area (TPSA) is 39.4 Å². The van der Waals surface area contributed by atoms with Crippen molar-refractivity contribution < 1.29 is 13.9 Å². The SMILES string of the molecule is COC(=O)C(C)(C)c1ccc2oc(Br)cc2c1. The largest absolute Gasteiger partial charge is 0.468 e. The highest BCUT2D eigenvalue weighted by molar-refractivity contribution is 9.10. The summed E-state index contributed by atoms with van der Waals surface area (Å²) in [7, 11) is 1.40. The summed E-state index contributed by atoms with van der Waals surface area (Å²) in [6.45, 7) is 3.68. The summed E-state index contributed by atoms with van der Waals surface area (Å²) in [6, 6.07) is 7.57. The smallest absolute Gasteiger partial charge is 0.315 e. The zero-order valence-corrected chi connectivity index (χ0v) is 11.5. The average Bonchev–Trinajstić information content (AvgIpc) is 2.66. The van der Waals surface area contributed by atoms with Crippen LogP contribution >= 0.6 is 15.9 Å². The number of hydrogen-bond acceptors (Lipinski definition) is 3. The van der Waals surface area contributed by atoms with Gasteiger partial charge in [0.1, 0.15) is 5.58 Å². The van der Waals surface area contributed by atoms with Gasteiger partial charge in [-0.25, -0.2) is 0 Å². The Hall–Kier alpha value is -1.29. The molecule has 0 bridgehead atoms. The first-order valence-corrected chi connectivity index (χ1v) is 6.02. The summed E-state index contributed by atoms with van der Waals surface area (Å²) in [4.78, 5) is 11.7. The minimum Gasteiger partial charge on any atom is -0.468 e. The normalized spacial score (nSPS) is 11.8. The first kappa shape index (κ1) is 12.2. The van der Waals surface area contributed by atoms with Gasteiger partial charge in [-0.15, -0.1) is 0 Å². The fourth-order valence-corrected chi connectivity index (χ4v) is 2.19. The van der Waals surface area contributed by atoms with Crippen LogP contribution in [0.2, 0.25) is 0 Å². The molecule has 3 nitrogen and oxygen atoms in total. The van der Waals surface area contributed by atoms with Crippen LogP contribution in [0.4, 0.5) is 0 Å². The van der Waals surface area contributed by atoms with Crippen molar-refractivity contribution in [2.75, 3.05) is 7.11 Å². The zero-order valence-electron chi connectivity index (χ0n) is 9.91. The van der Waals surface area contributed by atoms with E-state index in [1.165, 1.54) is 7.11 Å². The summed E-state index contributed by atoms with van der Waals surface area (Å²) < 4.78 is 10.9. The third-order valence-electron chi connectivity index (χ3n) is 2.90. The summed E-state index contributed by atoms with van der Waals surface area (Å²) in [5, 5.41) is 0.964. The molecule has 0 amide bonds. The van der Waals surface area contributed by atoms with Gasteiger partial charge in [0.15, 0.2) is 4.67 Å². The number of methoxy groups -OCH3 is 1. The van der Waals surface area contributed by atoms with Gasteiger partial charge in [-0.2, -0.15) is 0 Å². The molecule has 17 heavy (non-hydrogen) atoms. The van der Waals surface area contributed by atoms with E-state index in [-0.39, 0.29) is 5.97 Å². The number of ether oxygens (including phenoxy) is 1. The van der Waals surface area contributed by atoms with E-state index < -0.39 is 5.41 Å². The molecule has 0 aliphatic rings. The van der Waals surface area contributed by atoms with Gasteiger partial charge in [-0.1, -0.05) is 6.07 Å². The second-order valence-electron chi connectivity index (χ2n) is 4.42. The highest BCUT2D eigenvalue weighted by atomic mass is 79.9. The number of rotatable bonds is 2. The molecule has 2 rings (SSSR count). The van der Waals surface area contributed by atoms with E-state index in [2.05, 4.69) is 15.9 Å². The molecule has 0 aliphatic carbocycles. The maximum atomic E-state index is 11.7. The quantitative estimate of drug-likeness (QED) is 0.794. The maximum absolute atomic E-state index is 11.7. The van der Waals surface area contributed by atoms with Crippen LogP contribution in [0.3, 0.4) is 0 Å². The van der Waals surface area contributed by atoms with Crippen LogP contribution in [0.5, 0.6) is 0 Å². The molecule has 0 fully saturated rings. The third-order valence-corrected chi connectivity index (χ3v) is 3.29. The van der Waals surface area contributed by atoms with Crippen LogP contribution in [0, 0.1) is 0 Å². The Morgan fingerprint density at radius 3 is 2.71 bits per heavy atom. The lowest BCUT2D eigenvalue weighted by atomic mass is 9.84. The van der Waals surface area contributed by atoms with Crippen molar-refractivity contribution in [2.45, 2.75) is 19.3 Å². The highest BCUT2D eigenvalue weighted by Crippen LogP contribution is 2.30. The number of halogens is 1. The summed E-state index contributed by atoms with van der Waals surface area (Å²) >= 11 is 3.28. The molecule has 1 aromatic carbocycles. The molecule has 1 heterocycles. The molecule has 0 saturated heterocycles. The maximum Gasteiger partial charge on any atom is 0.315 e. The van der Waals surface area contributed by atoms with Gasteiger partial charge in [-0.3, -0.25) is 4.79 Å². The molecule has 0 atom stereocenters. The molecule has 0 radical (unpaired) electrons. The van der Waals surface area contributed by atoms with Crippen molar-refractivity contribution in [2.24, 2.45) is 0 Å². The number of esters is 1. The van der Waals surface area contributed by atoms with Crippen molar-refractivity contribution in [3.05, 3.63) is 34.5 Å². The monoisotopic (exact) mass is 296 g/mol. The minimum atomic E-state index is -0.660. The Kier molecular flexibility index (Phi) is 3.00. The van der Waals surface area contributed by atoms with Gasteiger partial charge in [-0.05, 0) is 53.5 Å². The molecular weight excluding hydrogens is 284 g/mol. The lowest BCUT2D eigenvalue weighted by Gasteiger charge is -2.21. The van der Waals surface area contributed by atoms with Gasteiger partial charge in [0.25, 0.3) is 0 Å². The van der Waals surface area contributed by atoms with Gasteiger partial charge >= 0.3 is 5.97 Å². The van der Waals surface area contributed by atoms with Crippen molar-refractivity contribution in [1.82, 2.24) is 0 Å². The van der Waals surface area contributed by atoms with Crippen LogP contribution in [0.1, 0.15) is 19.4 Å². The number of furan rings is 1. The van der Waals surface area contributed by atoms with Crippen molar-refractivity contribution >= 4 is 32.9 Å². The van der Waals surface area contributed by atoms with E-state index in [1.807, 2.05) is 38.1 Å². The fraction of sp³-hybridized carbons (Fsp3) is 0.308.